The molecule has 0 saturated carbocycles. The van der Waals surface area contributed by atoms with Crippen molar-refractivity contribution in [2.75, 3.05) is 5.43 Å². The van der Waals surface area contributed by atoms with E-state index in [1.165, 1.54) is 6.92 Å². The Morgan fingerprint density at radius 1 is 1.07 bits per heavy atom. The number of nitrogens with one attached hydrogen (secondary N) is 1. The number of alkyl halides is 3. The molecule has 1 N–H and O–H groups in total. The number of hydrogen-bond acceptors (Lipinski definition) is 7. The van der Waals surface area contributed by atoms with Crippen LogP contribution in [0.2, 0.25) is 0 Å². The molecule has 152 valence electrons. The molecule has 3 rings (SSSR count). The largest absolute Gasteiger partial charge is 0.534 e. The van der Waals surface area contributed by atoms with Crippen molar-refractivity contribution < 1.29 is 25.8 Å². The molecule has 2 aromatic carbocycles. The second-order valence-electron chi connectivity index (χ2n) is 5.68. The fourth-order valence-electron chi connectivity index (χ4n) is 2.16. The molecule has 0 fully saturated rings. The van der Waals surface area contributed by atoms with E-state index in [9.17, 15) is 21.6 Å². The summed E-state index contributed by atoms with van der Waals surface area (Å²) in [4.78, 5) is 4.02. The van der Waals surface area contributed by atoms with Crippen LogP contribution in [0.15, 0.2) is 65.8 Å². The summed E-state index contributed by atoms with van der Waals surface area (Å²) in [6, 6.07) is 17.4. The van der Waals surface area contributed by atoms with Crippen LogP contribution in [-0.4, -0.2) is 24.6 Å². The fourth-order valence-corrected chi connectivity index (χ4v) is 3.58. The van der Waals surface area contributed by atoms with Crippen LogP contribution in [0.4, 0.5) is 18.9 Å². The zero-order valence-electron chi connectivity index (χ0n) is 14.8. The van der Waals surface area contributed by atoms with Crippen molar-refractivity contribution in [1.82, 2.24) is 4.98 Å². The molecular formula is C18H14F3N3O3S2. The first-order valence-electron chi connectivity index (χ1n) is 8.10. The molecule has 0 bridgehead atoms. The Morgan fingerprint density at radius 3 is 2.24 bits per heavy atom. The number of para-hydroxylation sites is 1. The summed E-state index contributed by atoms with van der Waals surface area (Å²) in [5.41, 5.74) is -1.37. The first-order chi connectivity index (χ1) is 13.7. The van der Waals surface area contributed by atoms with Gasteiger partial charge in [0.05, 0.1) is 11.4 Å². The Bertz CT molecular complexity index is 1110. The van der Waals surface area contributed by atoms with E-state index < -0.39 is 21.5 Å². The van der Waals surface area contributed by atoms with Crippen LogP contribution in [-0.2, 0) is 10.1 Å². The summed E-state index contributed by atoms with van der Waals surface area (Å²) >= 11 is 0.968. The summed E-state index contributed by atoms with van der Waals surface area (Å²) in [6.07, 6.45) is 0. The second-order valence-corrected chi connectivity index (χ2v) is 8.21. The Balaban J connectivity index is 2.00. The van der Waals surface area contributed by atoms with E-state index in [0.29, 0.717) is 16.3 Å². The molecule has 3 aromatic rings. The standard InChI is InChI=1S/C18H14F3N3O3S2/c1-12(23-24-14-10-6-3-7-11-14)15-16(27-29(25,26)18(19,20)21)22-17(28-15)13-8-4-2-5-9-13/h2-11,24H,1H3/b23-12+. The number of nitrogens with zero attached hydrogens (tertiary/aromatic N) is 2. The molecule has 29 heavy (non-hydrogen) atoms. The van der Waals surface area contributed by atoms with Crippen molar-refractivity contribution in [3.8, 4) is 16.5 Å². The van der Waals surface area contributed by atoms with Crippen LogP contribution < -0.4 is 9.61 Å². The van der Waals surface area contributed by atoms with E-state index in [-0.39, 0.29) is 10.6 Å². The van der Waals surface area contributed by atoms with Crippen LogP contribution in [0, 0.1) is 0 Å². The van der Waals surface area contributed by atoms with Crippen molar-refractivity contribution in [1.29, 1.82) is 0 Å². The minimum Gasteiger partial charge on any atom is -0.354 e. The lowest BCUT2D eigenvalue weighted by molar-refractivity contribution is -0.0501. The Labute approximate surface area is 168 Å². The summed E-state index contributed by atoms with van der Waals surface area (Å²) in [6.45, 7) is 1.51. The predicted molar refractivity (Wildman–Crippen MR) is 105 cm³/mol. The highest BCUT2D eigenvalue weighted by atomic mass is 32.2. The van der Waals surface area contributed by atoms with Crippen LogP contribution in [0.1, 0.15) is 11.8 Å². The van der Waals surface area contributed by atoms with Crippen molar-refractivity contribution in [2.45, 2.75) is 12.4 Å². The van der Waals surface area contributed by atoms with Gasteiger partial charge in [-0.2, -0.15) is 31.7 Å². The third-order valence-electron chi connectivity index (χ3n) is 3.54. The number of anilines is 1. The number of aromatic nitrogens is 1. The molecule has 0 spiro atoms. The molecule has 6 nitrogen and oxygen atoms in total. The molecule has 0 radical (unpaired) electrons. The number of rotatable bonds is 6. The maximum Gasteiger partial charge on any atom is 0.534 e. The normalized spacial score (nSPS) is 12.6. The Morgan fingerprint density at radius 2 is 1.66 bits per heavy atom. The zero-order chi connectivity index (χ0) is 21.1. The highest BCUT2D eigenvalue weighted by Gasteiger charge is 2.49. The molecule has 0 saturated heterocycles. The van der Waals surface area contributed by atoms with Gasteiger partial charge in [-0.1, -0.05) is 48.5 Å². The first kappa shape index (κ1) is 20.8. The van der Waals surface area contributed by atoms with Crippen LogP contribution >= 0.6 is 11.3 Å². The van der Waals surface area contributed by atoms with Crippen LogP contribution in [0.25, 0.3) is 10.6 Å². The SMILES string of the molecule is C/C(=N\Nc1ccccc1)c1sc(-c2ccccc2)nc1OS(=O)(=O)C(F)(F)F. The van der Waals surface area contributed by atoms with Crippen molar-refractivity contribution in [3.63, 3.8) is 0 Å². The highest BCUT2D eigenvalue weighted by molar-refractivity contribution is 7.88. The second kappa shape index (κ2) is 8.21. The fraction of sp³-hybridized carbons (Fsp3) is 0.111. The minimum atomic E-state index is -5.87. The van der Waals surface area contributed by atoms with E-state index >= 15 is 0 Å². The molecule has 0 aliphatic rings. The third-order valence-corrected chi connectivity index (χ3v) is 5.68. The lowest BCUT2D eigenvalue weighted by Gasteiger charge is -2.08. The topological polar surface area (TPSA) is 80.7 Å². The van der Waals surface area contributed by atoms with Gasteiger partial charge in [0, 0.05) is 5.56 Å². The third kappa shape index (κ3) is 4.93. The van der Waals surface area contributed by atoms with E-state index in [1.54, 1.807) is 54.6 Å². The minimum absolute atomic E-state index is 0.0557. The molecule has 0 aliphatic heterocycles. The number of hydrazone groups is 1. The van der Waals surface area contributed by atoms with Gasteiger partial charge in [0.1, 0.15) is 9.88 Å². The summed E-state index contributed by atoms with van der Waals surface area (Å²) in [5.74, 6) is -0.678. The number of benzene rings is 2. The van der Waals surface area contributed by atoms with Gasteiger partial charge in [-0.25, -0.2) is 0 Å². The van der Waals surface area contributed by atoms with Gasteiger partial charge in [-0.05, 0) is 19.1 Å². The van der Waals surface area contributed by atoms with Crippen molar-refractivity contribution in [3.05, 3.63) is 65.5 Å². The lowest BCUT2D eigenvalue weighted by atomic mass is 10.2. The summed E-state index contributed by atoms with van der Waals surface area (Å²) in [7, 11) is -5.87. The molecule has 0 atom stereocenters. The monoisotopic (exact) mass is 441 g/mol. The maximum absolute atomic E-state index is 12.8. The van der Waals surface area contributed by atoms with E-state index in [0.717, 1.165) is 11.3 Å². The molecule has 0 amide bonds. The average molecular weight is 441 g/mol. The van der Waals surface area contributed by atoms with Gasteiger partial charge in [0.2, 0.25) is 0 Å². The Kier molecular flexibility index (Phi) is 5.89. The van der Waals surface area contributed by atoms with E-state index in [4.69, 9.17) is 0 Å². The summed E-state index contributed by atoms with van der Waals surface area (Å²) in [5, 5.41) is 4.40. The van der Waals surface area contributed by atoms with Crippen molar-refractivity contribution >= 4 is 32.9 Å². The zero-order valence-corrected chi connectivity index (χ0v) is 16.5. The van der Waals surface area contributed by atoms with Gasteiger partial charge in [0.15, 0.2) is 0 Å². The molecule has 0 aliphatic carbocycles. The number of halogens is 3. The van der Waals surface area contributed by atoms with Gasteiger partial charge in [0.25, 0.3) is 5.88 Å². The van der Waals surface area contributed by atoms with Crippen molar-refractivity contribution in [2.24, 2.45) is 5.10 Å². The predicted octanol–water partition coefficient (Wildman–Crippen LogP) is 4.87. The van der Waals surface area contributed by atoms with Crippen LogP contribution in [0.5, 0.6) is 5.88 Å². The maximum atomic E-state index is 12.8. The molecule has 11 heteroatoms. The first-order valence-corrected chi connectivity index (χ1v) is 10.3. The van der Waals surface area contributed by atoms with Gasteiger partial charge >= 0.3 is 15.6 Å². The van der Waals surface area contributed by atoms with E-state index in [1.807, 2.05) is 6.07 Å². The van der Waals surface area contributed by atoms with E-state index in [2.05, 4.69) is 19.7 Å². The van der Waals surface area contributed by atoms with Gasteiger partial charge in [-0.3, -0.25) is 5.43 Å². The molecule has 0 unspecified atom stereocenters. The van der Waals surface area contributed by atoms with Crippen LogP contribution in [0.3, 0.4) is 0 Å². The average Bonchev–Trinajstić information content (AvgIpc) is 3.10. The quantitative estimate of drug-likeness (QED) is 0.255. The molecular weight excluding hydrogens is 427 g/mol. The highest BCUT2D eigenvalue weighted by Crippen LogP contribution is 2.36. The molecule has 1 heterocycles. The van der Waals surface area contributed by atoms with Gasteiger partial charge < -0.3 is 4.18 Å². The smallest absolute Gasteiger partial charge is 0.354 e. The van der Waals surface area contributed by atoms with Gasteiger partial charge in [-0.15, -0.1) is 11.3 Å². The Hall–Kier alpha value is -2.92. The molecule has 1 aromatic heterocycles. The number of hydrogen-bond donors (Lipinski definition) is 1. The lowest BCUT2D eigenvalue weighted by Crippen LogP contribution is -2.28. The summed E-state index contributed by atoms with van der Waals surface area (Å²) < 4.78 is 65.6. The number of thiazole rings is 1.